The van der Waals surface area contributed by atoms with Gasteiger partial charge in [0, 0.05) is 36.4 Å². The molecule has 3 N–H and O–H groups in total. The number of carbonyl (C=O) groups is 4. The average Bonchev–Trinajstić information content (AvgIpc) is 4.09. The Bertz CT molecular complexity index is 2290. The van der Waals surface area contributed by atoms with Gasteiger partial charge in [0.2, 0.25) is 27.7 Å². The third kappa shape index (κ3) is 7.80. The first-order valence-corrected chi connectivity index (χ1v) is 21.0. The van der Waals surface area contributed by atoms with Gasteiger partial charge in [0.1, 0.15) is 17.6 Å². The summed E-state index contributed by atoms with van der Waals surface area (Å²) < 4.78 is 29.0. The summed E-state index contributed by atoms with van der Waals surface area (Å²) in [5.74, 6) is -2.87. The molecule has 56 heavy (non-hydrogen) atoms. The predicted molar refractivity (Wildman–Crippen MR) is 213 cm³/mol. The zero-order chi connectivity index (χ0) is 40.0. The van der Waals surface area contributed by atoms with Gasteiger partial charge in [-0.1, -0.05) is 75.4 Å². The molecule has 1 saturated heterocycles. The molecule has 2 aliphatic carbocycles. The van der Waals surface area contributed by atoms with Gasteiger partial charge in [-0.2, -0.15) is 5.10 Å². The lowest BCUT2D eigenvalue weighted by Crippen LogP contribution is -2.60. The third-order valence-corrected chi connectivity index (χ3v) is 13.4. The van der Waals surface area contributed by atoms with Crippen LogP contribution in [0.4, 0.5) is 0 Å². The second-order valence-electron chi connectivity index (χ2n) is 16.7. The van der Waals surface area contributed by atoms with Crippen LogP contribution in [0.1, 0.15) is 83.7 Å². The first-order valence-electron chi connectivity index (χ1n) is 19.5. The van der Waals surface area contributed by atoms with Gasteiger partial charge in [-0.25, -0.2) is 13.1 Å². The van der Waals surface area contributed by atoms with E-state index >= 15 is 0 Å². The number of amides is 4. The Labute approximate surface area is 327 Å². The number of nitrogens with one attached hydrogen (secondary N) is 3. The number of hydrogen-bond donors (Lipinski definition) is 3. The average molecular weight is 783 g/mol. The summed E-state index contributed by atoms with van der Waals surface area (Å²) in [4.78, 5) is 71.9. The fourth-order valence-corrected chi connectivity index (χ4v) is 9.37. The minimum Gasteiger partial charge on any atom is -0.344 e. The highest BCUT2D eigenvalue weighted by atomic mass is 32.2. The number of benzene rings is 2. The van der Waals surface area contributed by atoms with Gasteiger partial charge < -0.3 is 15.5 Å². The van der Waals surface area contributed by atoms with Crippen molar-refractivity contribution in [3.8, 4) is 11.1 Å². The molecule has 2 aliphatic heterocycles. The van der Waals surface area contributed by atoms with Crippen LogP contribution >= 0.6 is 0 Å². The Balaban J connectivity index is 1.27. The van der Waals surface area contributed by atoms with E-state index in [1.54, 1.807) is 6.20 Å². The molecular weight excluding hydrogens is 733 g/mol. The van der Waals surface area contributed by atoms with Gasteiger partial charge in [-0.15, -0.1) is 6.58 Å². The van der Waals surface area contributed by atoms with Gasteiger partial charge in [0.25, 0.3) is 11.5 Å². The van der Waals surface area contributed by atoms with E-state index in [-0.39, 0.29) is 37.3 Å². The Morgan fingerprint density at radius 2 is 1.75 bits per heavy atom. The van der Waals surface area contributed by atoms with Crippen LogP contribution in [-0.4, -0.2) is 76.1 Å². The van der Waals surface area contributed by atoms with E-state index in [4.69, 9.17) is 0 Å². The van der Waals surface area contributed by atoms with E-state index in [9.17, 15) is 32.4 Å². The molecule has 3 heterocycles. The van der Waals surface area contributed by atoms with Gasteiger partial charge in [-0.3, -0.25) is 28.7 Å². The van der Waals surface area contributed by atoms with Crippen molar-refractivity contribution in [3.05, 3.63) is 89.4 Å². The molecule has 1 aromatic heterocycles. The summed E-state index contributed by atoms with van der Waals surface area (Å²) >= 11 is 0. The van der Waals surface area contributed by atoms with Crippen LogP contribution in [-0.2, 0) is 35.6 Å². The fourth-order valence-electron chi connectivity index (χ4n) is 8.00. The monoisotopic (exact) mass is 782 g/mol. The van der Waals surface area contributed by atoms with E-state index in [0.717, 1.165) is 16.3 Å². The summed E-state index contributed by atoms with van der Waals surface area (Å²) in [6.07, 6.45) is 10.6. The van der Waals surface area contributed by atoms with Crippen LogP contribution in [0, 0.1) is 11.3 Å². The van der Waals surface area contributed by atoms with Crippen LogP contribution < -0.4 is 20.9 Å². The molecule has 7 rings (SSSR count). The van der Waals surface area contributed by atoms with Crippen molar-refractivity contribution >= 4 is 44.4 Å². The summed E-state index contributed by atoms with van der Waals surface area (Å²) in [5.41, 5.74) is -0.570. The number of sulfonamides is 1. The van der Waals surface area contributed by atoms with E-state index in [1.807, 2.05) is 75.4 Å². The first-order chi connectivity index (χ1) is 26.6. The molecule has 13 nitrogen and oxygen atoms in total. The standard InChI is InChI=1S/C42H50N6O7S/c1-5-29-23-42(29,40(53)46-56(54,55)31-19-20-31)45-37(50)34-22-30-25-47(34)39(52)36(41(2,3)4)44-35(49)16-10-8-6-7-9-15-32-33(24-43-48(30)38(32)51)28-18-17-26-13-11-12-14-27(26)21-28/h5-7,11-14,17-18,21,24,29-31,34,36H,1,8-10,15-16,19-20,22-23,25H2,2-4H3,(H,44,49)(H,45,50)(H,46,53)/b7-6+/t29-,30?,34+,36-,42?/m1/s1. The molecule has 2 unspecified atom stereocenters. The number of fused-ring (bicyclic) bond motifs is 6. The van der Waals surface area contributed by atoms with E-state index in [0.29, 0.717) is 49.7 Å². The van der Waals surface area contributed by atoms with Gasteiger partial charge in [-0.05, 0) is 72.8 Å². The highest BCUT2D eigenvalue weighted by Crippen LogP contribution is 2.46. The van der Waals surface area contributed by atoms with Crippen LogP contribution in [0.25, 0.3) is 21.9 Å². The largest absolute Gasteiger partial charge is 0.344 e. The van der Waals surface area contributed by atoms with E-state index < -0.39 is 68.0 Å². The van der Waals surface area contributed by atoms with Crippen LogP contribution in [0.5, 0.6) is 0 Å². The molecule has 0 radical (unpaired) electrons. The molecular formula is C42H50N6O7S. The molecule has 0 spiro atoms. The highest BCUT2D eigenvalue weighted by molar-refractivity contribution is 7.91. The van der Waals surface area contributed by atoms with Crippen molar-refractivity contribution < 1.29 is 27.6 Å². The molecule has 4 bridgehead atoms. The molecule has 296 valence electrons. The smallest absolute Gasteiger partial charge is 0.270 e. The minimum absolute atomic E-state index is 0.0131. The SMILES string of the molecule is C=C[C@@H]1CC1(NC(=O)[C@@H]1CC2CN1C(=O)[C@H](C(C)(C)C)NC(=O)CCC/C=C/CCc1c(-c3ccc4ccccc4c3)cnn2c1=O)C(=O)NS(=O)(=O)C1CC1. The van der Waals surface area contributed by atoms with Crippen molar-refractivity contribution in [2.24, 2.45) is 11.3 Å². The lowest BCUT2D eigenvalue weighted by molar-refractivity contribution is -0.144. The van der Waals surface area contributed by atoms with Crippen LogP contribution in [0.3, 0.4) is 0 Å². The molecule has 2 saturated carbocycles. The number of aromatic nitrogens is 2. The first kappa shape index (κ1) is 39.1. The topological polar surface area (TPSA) is 177 Å². The number of hydrogen-bond acceptors (Lipinski definition) is 8. The zero-order valence-corrected chi connectivity index (χ0v) is 32.9. The molecule has 4 aliphatic rings. The van der Waals surface area contributed by atoms with Crippen molar-refractivity contribution in [1.82, 2.24) is 30.0 Å². The summed E-state index contributed by atoms with van der Waals surface area (Å²) in [6.45, 7) is 9.20. The molecule has 3 aromatic rings. The highest BCUT2D eigenvalue weighted by Gasteiger charge is 2.62. The molecule has 3 fully saturated rings. The fraction of sp³-hybridized carbons (Fsp3) is 0.476. The van der Waals surface area contributed by atoms with Gasteiger partial charge in [0.15, 0.2) is 0 Å². The quantitative estimate of drug-likeness (QED) is 0.301. The van der Waals surface area contributed by atoms with Gasteiger partial charge in [0.05, 0.1) is 17.5 Å². The Morgan fingerprint density at radius 1 is 1.02 bits per heavy atom. The van der Waals surface area contributed by atoms with E-state index in [1.165, 1.54) is 15.7 Å². The van der Waals surface area contributed by atoms with Crippen LogP contribution in [0.2, 0.25) is 0 Å². The van der Waals surface area contributed by atoms with Gasteiger partial charge >= 0.3 is 0 Å². The van der Waals surface area contributed by atoms with Crippen molar-refractivity contribution in [2.75, 3.05) is 6.54 Å². The minimum atomic E-state index is -3.92. The van der Waals surface area contributed by atoms with Crippen LogP contribution in [0.15, 0.2) is 78.3 Å². The second kappa shape index (κ2) is 15.1. The third-order valence-electron chi connectivity index (χ3n) is 11.5. The second-order valence-corrected chi connectivity index (χ2v) is 18.7. The lowest BCUT2D eigenvalue weighted by Gasteiger charge is -2.35. The maximum Gasteiger partial charge on any atom is 0.270 e. The number of nitrogens with zero attached hydrogens (tertiary/aromatic N) is 3. The van der Waals surface area contributed by atoms with Crippen molar-refractivity contribution in [1.29, 1.82) is 0 Å². The van der Waals surface area contributed by atoms with Crippen molar-refractivity contribution in [2.45, 2.75) is 107 Å². The Morgan fingerprint density at radius 3 is 2.45 bits per heavy atom. The predicted octanol–water partition coefficient (Wildman–Crippen LogP) is 4.08. The van der Waals surface area contributed by atoms with Crippen molar-refractivity contribution in [3.63, 3.8) is 0 Å². The summed E-state index contributed by atoms with van der Waals surface area (Å²) in [5, 5.41) is 11.8. The lowest BCUT2D eigenvalue weighted by atomic mass is 9.85. The summed E-state index contributed by atoms with van der Waals surface area (Å²) in [6, 6.07) is 11.1. The normalized spacial score (nSPS) is 26.5. The maximum absolute atomic E-state index is 14.7. The summed E-state index contributed by atoms with van der Waals surface area (Å²) in [7, 11) is -3.92. The number of carbonyl (C=O) groups excluding carboxylic acids is 4. The Kier molecular flexibility index (Phi) is 10.5. The number of rotatable bonds is 7. The Hall–Kier alpha value is -5.11. The molecule has 2 aromatic carbocycles. The number of allylic oxidation sites excluding steroid dienone is 2. The van der Waals surface area contributed by atoms with E-state index in [2.05, 4.69) is 27.0 Å². The zero-order valence-electron chi connectivity index (χ0n) is 32.1. The molecule has 5 atom stereocenters. The molecule has 14 heteroatoms. The molecule has 4 amide bonds. The maximum atomic E-state index is 14.7.